The van der Waals surface area contributed by atoms with E-state index in [1.165, 1.54) is 12.1 Å². The summed E-state index contributed by atoms with van der Waals surface area (Å²) in [7, 11) is -3.80. The van der Waals surface area contributed by atoms with Gasteiger partial charge in [0.1, 0.15) is 5.69 Å². The number of hydrogen-bond donors (Lipinski definition) is 3. The maximum atomic E-state index is 12.1. The van der Waals surface area contributed by atoms with Crippen LogP contribution in [0.1, 0.15) is 16.1 Å². The smallest absolute Gasteiger partial charge is 0.282 e. The lowest BCUT2D eigenvalue weighted by atomic mass is 10.2. The van der Waals surface area contributed by atoms with Crippen LogP contribution < -0.4 is 10.3 Å². The van der Waals surface area contributed by atoms with Crippen LogP contribution in [-0.4, -0.2) is 19.3 Å². The molecule has 23 heavy (non-hydrogen) atoms. The van der Waals surface area contributed by atoms with Gasteiger partial charge in [0.15, 0.2) is 0 Å². The fraction of sp³-hybridized carbons (Fsp3) is 0.0625. The van der Waals surface area contributed by atoms with Crippen LogP contribution in [0.15, 0.2) is 59.5 Å². The van der Waals surface area contributed by atoms with E-state index in [1.54, 1.807) is 24.3 Å². The van der Waals surface area contributed by atoms with Crippen molar-refractivity contribution in [3.63, 3.8) is 0 Å². The van der Waals surface area contributed by atoms with Gasteiger partial charge in [-0.15, -0.1) is 4.83 Å². The van der Waals surface area contributed by atoms with Crippen LogP contribution in [0.5, 0.6) is 0 Å². The largest absolute Gasteiger partial charge is 0.350 e. The molecular formula is C16H15N3O3S. The molecule has 0 bridgehead atoms. The number of carbonyl (C=O) groups excluding carboxylic acids is 1. The average molecular weight is 329 g/mol. The van der Waals surface area contributed by atoms with E-state index in [4.69, 9.17) is 0 Å². The molecule has 118 valence electrons. The van der Waals surface area contributed by atoms with Gasteiger partial charge in [-0.1, -0.05) is 29.8 Å². The summed E-state index contributed by atoms with van der Waals surface area (Å²) < 4.78 is 24.1. The number of hydrazine groups is 1. The van der Waals surface area contributed by atoms with Crippen molar-refractivity contribution in [1.82, 2.24) is 15.2 Å². The minimum atomic E-state index is -3.80. The summed E-state index contributed by atoms with van der Waals surface area (Å²) in [5.41, 5.74) is 4.37. The molecule has 0 saturated carbocycles. The second-order valence-corrected chi connectivity index (χ2v) is 6.83. The van der Waals surface area contributed by atoms with Gasteiger partial charge in [0.05, 0.1) is 4.90 Å². The molecule has 0 aliphatic rings. The molecule has 0 spiro atoms. The standard InChI is InChI=1S/C16H15N3O3S/c1-11-7-8-14-12(9-11)10-15(17-14)16(20)18-19-23(21,22)13-5-3-2-4-6-13/h2-10,17,19H,1H3,(H,18,20). The minimum Gasteiger partial charge on any atom is -0.350 e. The molecule has 0 unspecified atom stereocenters. The summed E-state index contributed by atoms with van der Waals surface area (Å²) in [6.45, 7) is 1.96. The maximum Gasteiger partial charge on any atom is 0.282 e. The average Bonchev–Trinajstić information content (AvgIpc) is 2.96. The predicted molar refractivity (Wildman–Crippen MR) is 87.3 cm³/mol. The van der Waals surface area contributed by atoms with Crippen LogP contribution in [0.3, 0.4) is 0 Å². The van der Waals surface area contributed by atoms with Crippen LogP contribution in [0.4, 0.5) is 0 Å². The Hall–Kier alpha value is -2.64. The van der Waals surface area contributed by atoms with Crippen molar-refractivity contribution in [2.24, 2.45) is 0 Å². The van der Waals surface area contributed by atoms with Crippen LogP contribution in [0.25, 0.3) is 10.9 Å². The summed E-state index contributed by atoms with van der Waals surface area (Å²) in [5.74, 6) is -0.557. The Labute approximate surface area is 133 Å². The molecule has 3 rings (SSSR count). The summed E-state index contributed by atoms with van der Waals surface area (Å²) in [4.78, 5) is 17.2. The van der Waals surface area contributed by atoms with Gasteiger partial charge < -0.3 is 4.98 Å². The molecular weight excluding hydrogens is 314 g/mol. The van der Waals surface area contributed by atoms with Gasteiger partial charge in [0.25, 0.3) is 15.9 Å². The molecule has 0 radical (unpaired) electrons. The third-order valence-corrected chi connectivity index (χ3v) is 4.64. The first-order valence-electron chi connectivity index (χ1n) is 6.92. The minimum absolute atomic E-state index is 0.0765. The molecule has 0 saturated heterocycles. The quantitative estimate of drug-likeness (QED) is 0.640. The molecule has 2 aromatic carbocycles. The van der Waals surface area contributed by atoms with Gasteiger partial charge in [0, 0.05) is 10.9 Å². The Kier molecular flexibility index (Phi) is 3.89. The molecule has 3 N–H and O–H groups in total. The normalized spacial score (nSPS) is 11.5. The van der Waals surface area contributed by atoms with Gasteiger partial charge >= 0.3 is 0 Å². The fourth-order valence-corrected chi connectivity index (χ4v) is 3.07. The predicted octanol–water partition coefficient (Wildman–Crippen LogP) is 2.10. The third kappa shape index (κ3) is 3.25. The highest BCUT2D eigenvalue weighted by molar-refractivity contribution is 7.89. The number of aromatic amines is 1. The molecule has 0 aliphatic heterocycles. The lowest BCUT2D eigenvalue weighted by Gasteiger charge is -2.07. The van der Waals surface area contributed by atoms with E-state index in [0.717, 1.165) is 16.5 Å². The zero-order chi connectivity index (χ0) is 16.4. The molecule has 0 aliphatic carbocycles. The van der Waals surface area contributed by atoms with Gasteiger partial charge in [-0.3, -0.25) is 10.2 Å². The number of sulfonamides is 1. The maximum absolute atomic E-state index is 12.1. The number of fused-ring (bicyclic) bond motifs is 1. The van der Waals surface area contributed by atoms with Crippen LogP contribution in [-0.2, 0) is 10.0 Å². The summed E-state index contributed by atoms with van der Waals surface area (Å²) in [6.07, 6.45) is 0. The van der Waals surface area contributed by atoms with Crippen LogP contribution in [0.2, 0.25) is 0 Å². The number of hydrogen-bond acceptors (Lipinski definition) is 3. The van der Waals surface area contributed by atoms with Crippen molar-refractivity contribution in [2.75, 3.05) is 0 Å². The Morgan fingerprint density at radius 1 is 1.04 bits per heavy atom. The number of H-pyrrole nitrogens is 1. The van der Waals surface area contributed by atoms with Gasteiger partial charge in [-0.2, -0.15) is 0 Å². The van der Waals surface area contributed by atoms with Crippen molar-refractivity contribution >= 4 is 26.8 Å². The Balaban J connectivity index is 1.76. The van der Waals surface area contributed by atoms with Gasteiger partial charge in [-0.05, 0) is 37.3 Å². The Morgan fingerprint density at radius 3 is 2.52 bits per heavy atom. The number of amides is 1. The van der Waals surface area contributed by atoms with Gasteiger partial charge in [-0.25, -0.2) is 8.42 Å². The van der Waals surface area contributed by atoms with Crippen molar-refractivity contribution in [3.8, 4) is 0 Å². The van der Waals surface area contributed by atoms with E-state index in [9.17, 15) is 13.2 Å². The first-order valence-corrected chi connectivity index (χ1v) is 8.40. The van der Waals surface area contributed by atoms with Crippen LogP contribution >= 0.6 is 0 Å². The highest BCUT2D eigenvalue weighted by Gasteiger charge is 2.16. The molecule has 0 atom stereocenters. The number of carbonyl (C=O) groups is 1. The second-order valence-electron chi connectivity index (χ2n) is 5.15. The topological polar surface area (TPSA) is 91.1 Å². The van der Waals surface area contributed by atoms with Crippen molar-refractivity contribution in [2.45, 2.75) is 11.8 Å². The molecule has 1 heterocycles. The summed E-state index contributed by atoms with van der Waals surface area (Å²) >= 11 is 0. The number of aryl methyl sites for hydroxylation is 1. The highest BCUT2D eigenvalue weighted by Crippen LogP contribution is 2.16. The van der Waals surface area contributed by atoms with E-state index < -0.39 is 15.9 Å². The van der Waals surface area contributed by atoms with Crippen LogP contribution in [0, 0.1) is 6.92 Å². The second kappa shape index (κ2) is 5.86. The summed E-state index contributed by atoms with van der Waals surface area (Å²) in [6, 6.07) is 15.2. The molecule has 3 aromatic rings. The fourth-order valence-electron chi connectivity index (χ4n) is 2.21. The first-order chi connectivity index (χ1) is 11.0. The number of benzene rings is 2. The van der Waals surface area contributed by atoms with E-state index in [-0.39, 0.29) is 10.6 Å². The molecule has 1 aromatic heterocycles. The molecule has 1 amide bonds. The number of nitrogens with one attached hydrogen (secondary N) is 3. The van der Waals surface area contributed by atoms with E-state index >= 15 is 0 Å². The SMILES string of the molecule is Cc1ccc2[nH]c(C(=O)NNS(=O)(=O)c3ccccc3)cc2c1. The first kappa shape index (κ1) is 15.3. The van der Waals surface area contributed by atoms with Crippen molar-refractivity contribution in [3.05, 3.63) is 65.9 Å². The summed E-state index contributed by atoms with van der Waals surface area (Å²) in [5, 5.41) is 0.890. The number of aromatic nitrogens is 1. The zero-order valence-corrected chi connectivity index (χ0v) is 13.1. The third-order valence-electron chi connectivity index (χ3n) is 3.37. The van der Waals surface area contributed by atoms with E-state index in [2.05, 4.69) is 15.2 Å². The van der Waals surface area contributed by atoms with Crippen molar-refractivity contribution in [1.29, 1.82) is 0 Å². The van der Waals surface area contributed by atoms with Crippen molar-refractivity contribution < 1.29 is 13.2 Å². The van der Waals surface area contributed by atoms with E-state index in [0.29, 0.717) is 0 Å². The Bertz CT molecular complexity index is 963. The highest BCUT2D eigenvalue weighted by atomic mass is 32.2. The Morgan fingerprint density at radius 2 is 1.78 bits per heavy atom. The zero-order valence-electron chi connectivity index (χ0n) is 12.3. The molecule has 6 nitrogen and oxygen atoms in total. The van der Waals surface area contributed by atoms with E-state index in [1.807, 2.05) is 25.1 Å². The monoisotopic (exact) mass is 329 g/mol. The van der Waals surface area contributed by atoms with Gasteiger partial charge in [0.2, 0.25) is 0 Å². The molecule has 0 fully saturated rings. The lowest BCUT2D eigenvalue weighted by molar-refractivity contribution is 0.0941. The number of rotatable bonds is 4. The lowest BCUT2D eigenvalue weighted by Crippen LogP contribution is -2.41. The molecule has 7 heteroatoms.